The van der Waals surface area contributed by atoms with Crippen molar-refractivity contribution in [2.24, 2.45) is 0 Å². The molecule has 1 aliphatic carbocycles. The number of rotatable bonds is 5. The van der Waals surface area contributed by atoms with Gasteiger partial charge < -0.3 is 9.32 Å². The Bertz CT molecular complexity index is 1090. The van der Waals surface area contributed by atoms with Crippen LogP contribution in [-0.4, -0.2) is 36.0 Å². The van der Waals surface area contributed by atoms with Gasteiger partial charge in [-0.05, 0) is 18.2 Å². The number of carbonyl (C=O) groups is 2. The number of fused-ring (bicyclic) bond motifs is 2. The summed E-state index contributed by atoms with van der Waals surface area (Å²) >= 11 is 0. The van der Waals surface area contributed by atoms with Gasteiger partial charge in [0.15, 0.2) is 16.8 Å². The molecule has 2 aliphatic heterocycles. The van der Waals surface area contributed by atoms with Gasteiger partial charge >= 0.3 is 0 Å². The fraction of sp³-hybridized carbons (Fsp3) is 0.263. The van der Waals surface area contributed by atoms with Crippen LogP contribution < -0.4 is 10.3 Å². The van der Waals surface area contributed by atoms with Crippen LogP contribution in [-0.2, 0) is 26.1 Å². The maximum absolute atomic E-state index is 12.0. The summed E-state index contributed by atoms with van der Waals surface area (Å²) < 4.78 is 5.87. The molecule has 2 heterocycles. The molecule has 0 aromatic heterocycles. The van der Waals surface area contributed by atoms with Gasteiger partial charge in [-0.15, -0.1) is 10.1 Å². The van der Waals surface area contributed by atoms with E-state index in [1.165, 1.54) is 12.1 Å². The quantitative estimate of drug-likeness (QED) is 0.285. The highest BCUT2D eigenvalue weighted by molar-refractivity contribution is 6.00. The first-order chi connectivity index (χ1) is 13.4. The summed E-state index contributed by atoms with van der Waals surface area (Å²) in [5, 5.41) is 0.583. The topological polar surface area (TPSA) is 102 Å². The Morgan fingerprint density at radius 2 is 1.86 bits per heavy atom. The number of carbonyl (C=O) groups excluding carboxylic acids is 2. The summed E-state index contributed by atoms with van der Waals surface area (Å²) in [6.07, 6.45) is 0.172. The minimum Gasteiger partial charge on any atom is -0.453 e. The lowest BCUT2D eigenvalue weighted by Gasteiger charge is -2.15. The van der Waals surface area contributed by atoms with Crippen molar-refractivity contribution in [2.75, 3.05) is 19.0 Å². The molecule has 0 N–H and O–H groups in total. The van der Waals surface area contributed by atoms with E-state index in [0.29, 0.717) is 33.2 Å². The number of hydrogen-bond donors (Lipinski definition) is 0. The number of benzene rings is 2. The van der Waals surface area contributed by atoms with Crippen LogP contribution in [0.3, 0.4) is 0 Å². The minimum absolute atomic E-state index is 0.0858. The van der Waals surface area contributed by atoms with E-state index in [1.54, 1.807) is 0 Å². The van der Waals surface area contributed by atoms with Crippen molar-refractivity contribution in [2.45, 2.75) is 19.4 Å². The average Bonchev–Trinajstić information content (AvgIpc) is 2.98. The Morgan fingerprint density at radius 3 is 2.57 bits per heavy atom. The fourth-order valence-electron chi connectivity index (χ4n) is 2.93. The SMILES string of the molecule is CN(C)c1ccc2nc3c(COON4C(=O)CCC4=O)cc(=O)cc-3oc2c1. The van der Waals surface area contributed by atoms with Crippen molar-refractivity contribution in [3.05, 3.63) is 46.1 Å². The van der Waals surface area contributed by atoms with Crippen LogP contribution in [0.15, 0.2) is 39.5 Å². The highest BCUT2D eigenvalue weighted by Gasteiger charge is 2.31. The molecule has 2 amide bonds. The van der Waals surface area contributed by atoms with E-state index in [1.807, 2.05) is 37.2 Å². The molecule has 0 bridgehead atoms. The van der Waals surface area contributed by atoms with Crippen molar-refractivity contribution < 1.29 is 23.9 Å². The first kappa shape index (κ1) is 18.1. The summed E-state index contributed by atoms with van der Waals surface area (Å²) in [6.45, 7) is -0.187. The van der Waals surface area contributed by atoms with Gasteiger partial charge in [0.25, 0.3) is 11.8 Å². The van der Waals surface area contributed by atoms with Crippen molar-refractivity contribution in [3.63, 3.8) is 0 Å². The number of imide groups is 1. The smallest absolute Gasteiger partial charge is 0.256 e. The van der Waals surface area contributed by atoms with E-state index in [4.69, 9.17) is 14.3 Å². The minimum atomic E-state index is -0.469. The number of aromatic nitrogens is 1. The molecule has 1 saturated heterocycles. The molecule has 144 valence electrons. The van der Waals surface area contributed by atoms with E-state index in [0.717, 1.165) is 5.69 Å². The van der Waals surface area contributed by atoms with Crippen LogP contribution in [0.4, 0.5) is 5.69 Å². The molecule has 3 aliphatic rings. The molecule has 1 aromatic carbocycles. The average molecular weight is 383 g/mol. The van der Waals surface area contributed by atoms with E-state index < -0.39 is 11.8 Å². The number of nitrogens with zero attached hydrogens (tertiary/aromatic N) is 3. The van der Waals surface area contributed by atoms with Crippen LogP contribution in [0.1, 0.15) is 18.4 Å². The molecule has 0 unspecified atom stereocenters. The molecule has 0 radical (unpaired) electrons. The molecule has 1 aromatic rings. The standard InChI is InChI=1S/C19H17N3O6/c1-21(2)12-3-4-14-15(8-12)27-16-9-13(23)7-11(19(16)20-14)10-26-28-22-17(24)5-6-18(22)25/h3-4,7-9H,5-6,10H2,1-2H3. The van der Waals surface area contributed by atoms with Gasteiger partial charge in [0.05, 0.1) is 0 Å². The molecule has 0 spiro atoms. The lowest BCUT2D eigenvalue weighted by molar-refractivity contribution is -0.400. The maximum Gasteiger partial charge on any atom is 0.256 e. The zero-order chi connectivity index (χ0) is 19.8. The summed E-state index contributed by atoms with van der Waals surface area (Å²) in [4.78, 5) is 51.4. The number of hydroxylamine groups is 2. The van der Waals surface area contributed by atoms with Crippen molar-refractivity contribution >= 4 is 28.6 Å². The summed E-state index contributed by atoms with van der Waals surface area (Å²) in [5.41, 5.74) is 2.67. The zero-order valence-corrected chi connectivity index (χ0v) is 15.3. The van der Waals surface area contributed by atoms with Gasteiger partial charge in [0.2, 0.25) is 0 Å². The van der Waals surface area contributed by atoms with Crippen LogP contribution in [0.2, 0.25) is 0 Å². The molecule has 28 heavy (non-hydrogen) atoms. The Hall–Kier alpha value is -3.30. The zero-order valence-electron chi connectivity index (χ0n) is 15.3. The predicted octanol–water partition coefficient (Wildman–Crippen LogP) is 1.87. The van der Waals surface area contributed by atoms with Gasteiger partial charge in [0, 0.05) is 50.3 Å². The third kappa shape index (κ3) is 3.32. The van der Waals surface area contributed by atoms with E-state index in [2.05, 4.69) is 4.98 Å². The second-order valence-corrected chi connectivity index (χ2v) is 6.61. The summed E-state index contributed by atoms with van der Waals surface area (Å²) in [7, 11) is 3.83. The van der Waals surface area contributed by atoms with Gasteiger partial charge in [-0.3, -0.25) is 14.4 Å². The second-order valence-electron chi connectivity index (χ2n) is 6.61. The van der Waals surface area contributed by atoms with E-state index in [9.17, 15) is 14.4 Å². The van der Waals surface area contributed by atoms with Gasteiger partial charge in [-0.1, -0.05) is 0 Å². The lowest BCUT2D eigenvalue weighted by Crippen LogP contribution is -2.29. The van der Waals surface area contributed by atoms with Gasteiger partial charge in [0.1, 0.15) is 17.8 Å². The molecule has 4 rings (SSSR count). The van der Waals surface area contributed by atoms with Gasteiger partial charge in [-0.25, -0.2) is 9.87 Å². The van der Waals surface area contributed by atoms with Crippen LogP contribution >= 0.6 is 0 Å². The first-order valence-corrected chi connectivity index (χ1v) is 8.62. The summed E-state index contributed by atoms with van der Waals surface area (Å²) in [5.74, 6) is -0.630. The highest BCUT2D eigenvalue weighted by Crippen LogP contribution is 2.29. The van der Waals surface area contributed by atoms with Crippen molar-refractivity contribution in [3.8, 4) is 11.5 Å². The van der Waals surface area contributed by atoms with E-state index in [-0.39, 0.29) is 24.9 Å². The largest absolute Gasteiger partial charge is 0.453 e. The number of anilines is 1. The molecule has 0 atom stereocenters. The van der Waals surface area contributed by atoms with Gasteiger partial charge in [-0.2, -0.15) is 0 Å². The molecule has 1 fully saturated rings. The first-order valence-electron chi connectivity index (χ1n) is 8.62. The van der Waals surface area contributed by atoms with Crippen LogP contribution in [0.25, 0.3) is 22.6 Å². The van der Waals surface area contributed by atoms with Crippen LogP contribution in [0, 0.1) is 0 Å². The highest BCUT2D eigenvalue weighted by atomic mass is 17.3. The Morgan fingerprint density at radius 1 is 1.11 bits per heavy atom. The summed E-state index contributed by atoms with van der Waals surface area (Å²) in [6, 6.07) is 8.26. The Balaban J connectivity index is 1.64. The second kappa shape index (κ2) is 7.02. The molecular weight excluding hydrogens is 366 g/mol. The lowest BCUT2D eigenvalue weighted by atomic mass is 10.1. The normalized spacial score (nSPS) is 14.4. The third-order valence-corrected chi connectivity index (χ3v) is 4.39. The van der Waals surface area contributed by atoms with Crippen molar-refractivity contribution in [1.82, 2.24) is 10.0 Å². The Labute approximate surface area is 159 Å². The molecular formula is C19H17N3O6. The fourth-order valence-corrected chi connectivity index (χ4v) is 2.93. The van der Waals surface area contributed by atoms with E-state index >= 15 is 0 Å². The van der Waals surface area contributed by atoms with Crippen molar-refractivity contribution in [1.29, 1.82) is 0 Å². The van der Waals surface area contributed by atoms with Crippen LogP contribution in [0.5, 0.6) is 0 Å². The third-order valence-electron chi connectivity index (χ3n) is 4.39. The Kier molecular flexibility index (Phi) is 4.54. The molecule has 0 saturated carbocycles. The predicted molar refractivity (Wildman–Crippen MR) is 98.2 cm³/mol. The molecule has 9 heteroatoms. The molecule has 9 nitrogen and oxygen atoms in total. The number of hydrogen-bond acceptors (Lipinski definition) is 8. The number of amides is 2. The monoisotopic (exact) mass is 383 g/mol. The maximum atomic E-state index is 12.0.